The molecule has 5 N–H and O–H groups in total. The number of anilines is 2. The van der Waals surface area contributed by atoms with Crippen molar-refractivity contribution in [1.29, 1.82) is 0 Å². The molecule has 1 rings (SSSR count). The molecule has 0 aromatic heterocycles. The second-order valence-electron chi connectivity index (χ2n) is 4.77. The number of benzene rings is 1. The number of hydrogen-bond donors (Lipinski definition) is 3. The lowest BCUT2D eigenvalue weighted by molar-refractivity contribution is 0.100. The van der Waals surface area contributed by atoms with Gasteiger partial charge in [0.25, 0.3) is 5.91 Å². The molecule has 1 unspecified atom stereocenters. The van der Waals surface area contributed by atoms with Gasteiger partial charge in [-0.2, -0.15) is 0 Å². The molecule has 0 aliphatic rings. The number of rotatable bonds is 5. The highest BCUT2D eigenvalue weighted by atomic mass is 16.1. The van der Waals surface area contributed by atoms with Crippen molar-refractivity contribution >= 4 is 17.3 Å². The second-order valence-corrected chi connectivity index (χ2v) is 4.77. The maximum absolute atomic E-state index is 11.3. The molecule has 94 valence electrons. The lowest BCUT2D eigenvalue weighted by Crippen LogP contribution is -2.19. The van der Waals surface area contributed by atoms with E-state index < -0.39 is 5.91 Å². The Morgan fingerprint density at radius 1 is 1.35 bits per heavy atom. The largest absolute Gasteiger partial charge is 0.399 e. The van der Waals surface area contributed by atoms with Gasteiger partial charge in [-0.15, -0.1) is 0 Å². The minimum Gasteiger partial charge on any atom is -0.399 e. The highest BCUT2D eigenvalue weighted by Crippen LogP contribution is 2.20. The molecule has 0 saturated heterocycles. The smallest absolute Gasteiger partial charge is 0.250 e. The van der Waals surface area contributed by atoms with Crippen LogP contribution in [0.4, 0.5) is 11.4 Å². The zero-order chi connectivity index (χ0) is 13.0. The fraction of sp³-hybridized carbons (Fsp3) is 0.462. The Morgan fingerprint density at radius 3 is 2.53 bits per heavy atom. The van der Waals surface area contributed by atoms with Gasteiger partial charge < -0.3 is 16.8 Å². The zero-order valence-electron chi connectivity index (χ0n) is 10.7. The summed E-state index contributed by atoms with van der Waals surface area (Å²) in [5.74, 6) is 0.655. The van der Waals surface area contributed by atoms with Crippen LogP contribution in [0, 0.1) is 11.8 Å². The summed E-state index contributed by atoms with van der Waals surface area (Å²) in [4.78, 5) is 11.3. The number of carbonyl (C=O) groups excluding carboxylic acids is 1. The minimum atomic E-state index is -0.440. The van der Waals surface area contributed by atoms with E-state index in [1.165, 1.54) is 0 Å². The lowest BCUT2D eigenvalue weighted by Gasteiger charge is -2.18. The van der Waals surface area contributed by atoms with Gasteiger partial charge in [-0.05, 0) is 30.0 Å². The molecular weight excluding hydrogens is 214 g/mol. The Morgan fingerprint density at radius 2 is 2.00 bits per heavy atom. The maximum atomic E-state index is 11.3. The van der Waals surface area contributed by atoms with Crippen LogP contribution in [0.2, 0.25) is 0 Å². The summed E-state index contributed by atoms with van der Waals surface area (Å²) in [6, 6.07) is 5.07. The first kappa shape index (κ1) is 13.4. The zero-order valence-corrected chi connectivity index (χ0v) is 10.7. The van der Waals surface area contributed by atoms with E-state index in [-0.39, 0.29) is 0 Å². The van der Waals surface area contributed by atoms with E-state index in [1.54, 1.807) is 18.2 Å². The van der Waals surface area contributed by atoms with E-state index in [0.29, 0.717) is 28.8 Å². The molecule has 0 aliphatic carbocycles. The highest BCUT2D eigenvalue weighted by Gasteiger charge is 2.11. The molecular formula is C13H21N3O. The third-order valence-electron chi connectivity index (χ3n) is 3.06. The molecule has 17 heavy (non-hydrogen) atoms. The summed E-state index contributed by atoms with van der Waals surface area (Å²) >= 11 is 0. The SMILES string of the molecule is CC(C)C(C)CNc1cc(N)ccc1C(N)=O. The number of carbonyl (C=O) groups is 1. The van der Waals surface area contributed by atoms with Gasteiger partial charge in [0.1, 0.15) is 0 Å². The molecule has 0 saturated carbocycles. The summed E-state index contributed by atoms with van der Waals surface area (Å²) < 4.78 is 0. The molecule has 0 fully saturated rings. The number of primary amides is 1. The number of nitrogen functional groups attached to an aromatic ring is 1. The predicted molar refractivity (Wildman–Crippen MR) is 71.9 cm³/mol. The Hall–Kier alpha value is -1.71. The third-order valence-corrected chi connectivity index (χ3v) is 3.06. The van der Waals surface area contributed by atoms with Crippen LogP contribution in [0.25, 0.3) is 0 Å². The Kier molecular flexibility index (Phi) is 4.37. The van der Waals surface area contributed by atoms with Crippen LogP contribution in [-0.2, 0) is 0 Å². The van der Waals surface area contributed by atoms with E-state index in [1.807, 2.05) is 0 Å². The molecule has 0 radical (unpaired) electrons. The Balaban J connectivity index is 2.82. The molecule has 4 nitrogen and oxygen atoms in total. The topological polar surface area (TPSA) is 81.1 Å². The summed E-state index contributed by atoms with van der Waals surface area (Å²) in [6.45, 7) is 7.29. The second kappa shape index (κ2) is 5.57. The fourth-order valence-electron chi connectivity index (χ4n) is 1.43. The highest BCUT2D eigenvalue weighted by molar-refractivity contribution is 5.99. The van der Waals surface area contributed by atoms with Crippen molar-refractivity contribution in [2.75, 3.05) is 17.6 Å². The van der Waals surface area contributed by atoms with Gasteiger partial charge in [-0.3, -0.25) is 4.79 Å². The van der Waals surface area contributed by atoms with E-state index in [2.05, 4.69) is 26.1 Å². The van der Waals surface area contributed by atoms with Crippen molar-refractivity contribution < 1.29 is 4.79 Å². The molecule has 1 atom stereocenters. The van der Waals surface area contributed by atoms with Crippen molar-refractivity contribution in [3.8, 4) is 0 Å². The summed E-state index contributed by atoms with van der Waals surface area (Å²) in [5.41, 5.74) is 12.8. The molecule has 0 heterocycles. The van der Waals surface area contributed by atoms with Crippen LogP contribution in [-0.4, -0.2) is 12.5 Å². The number of nitrogens with two attached hydrogens (primary N) is 2. The quantitative estimate of drug-likeness (QED) is 0.683. The number of nitrogens with one attached hydrogen (secondary N) is 1. The van der Waals surface area contributed by atoms with Crippen molar-refractivity contribution in [2.45, 2.75) is 20.8 Å². The van der Waals surface area contributed by atoms with Gasteiger partial charge in [0.2, 0.25) is 0 Å². The molecule has 0 bridgehead atoms. The van der Waals surface area contributed by atoms with E-state index in [4.69, 9.17) is 11.5 Å². The van der Waals surface area contributed by atoms with Crippen molar-refractivity contribution in [3.05, 3.63) is 23.8 Å². The van der Waals surface area contributed by atoms with Gasteiger partial charge in [-0.1, -0.05) is 20.8 Å². The van der Waals surface area contributed by atoms with Crippen molar-refractivity contribution in [3.63, 3.8) is 0 Å². The van der Waals surface area contributed by atoms with E-state index >= 15 is 0 Å². The Labute approximate surface area is 102 Å². The van der Waals surface area contributed by atoms with E-state index in [0.717, 1.165) is 6.54 Å². The first-order valence-electron chi connectivity index (χ1n) is 5.85. The number of hydrogen-bond acceptors (Lipinski definition) is 3. The van der Waals surface area contributed by atoms with Crippen LogP contribution < -0.4 is 16.8 Å². The summed E-state index contributed by atoms with van der Waals surface area (Å²) in [7, 11) is 0. The molecule has 0 aliphatic heterocycles. The van der Waals surface area contributed by atoms with Crippen LogP contribution in [0.5, 0.6) is 0 Å². The van der Waals surface area contributed by atoms with Crippen LogP contribution in [0.1, 0.15) is 31.1 Å². The van der Waals surface area contributed by atoms with Crippen LogP contribution in [0.15, 0.2) is 18.2 Å². The van der Waals surface area contributed by atoms with Gasteiger partial charge in [-0.25, -0.2) is 0 Å². The molecule has 0 spiro atoms. The fourth-order valence-corrected chi connectivity index (χ4v) is 1.43. The molecule has 4 heteroatoms. The average Bonchev–Trinajstić information content (AvgIpc) is 2.25. The standard InChI is InChI=1S/C13H21N3O/c1-8(2)9(3)7-16-12-6-10(14)4-5-11(12)13(15)17/h4-6,8-9,16H,7,14H2,1-3H3,(H2,15,17). The van der Waals surface area contributed by atoms with E-state index in [9.17, 15) is 4.79 Å². The Bertz CT molecular complexity index is 402. The summed E-state index contributed by atoms with van der Waals surface area (Å²) in [5, 5.41) is 3.24. The maximum Gasteiger partial charge on any atom is 0.250 e. The van der Waals surface area contributed by atoms with Crippen molar-refractivity contribution in [2.24, 2.45) is 17.6 Å². The average molecular weight is 235 g/mol. The van der Waals surface area contributed by atoms with Crippen LogP contribution in [0.3, 0.4) is 0 Å². The summed E-state index contributed by atoms with van der Waals surface area (Å²) in [6.07, 6.45) is 0. The third kappa shape index (κ3) is 3.66. The molecule has 1 aromatic carbocycles. The molecule has 1 aromatic rings. The van der Waals surface area contributed by atoms with Crippen molar-refractivity contribution in [1.82, 2.24) is 0 Å². The predicted octanol–water partition coefficient (Wildman–Crippen LogP) is 2.07. The first-order valence-corrected chi connectivity index (χ1v) is 5.85. The molecule has 1 amide bonds. The van der Waals surface area contributed by atoms with Gasteiger partial charge in [0, 0.05) is 17.9 Å². The monoisotopic (exact) mass is 235 g/mol. The van der Waals surface area contributed by atoms with Gasteiger partial charge >= 0.3 is 0 Å². The lowest BCUT2D eigenvalue weighted by atomic mass is 9.98. The van der Waals surface area contributed by atoms with Gasteiger partial charge in [0.15, 0.2) is 0 Å². The first-order chi connectivity index (χ1) is 7.91. The number of amides is 1. The minimum absolute atomic E-state index is 0.440. The van der Waals surface area contributed by atoms with Gasteiger partial charge in [0.05, 0.1) is 5.56 Å². The van der Waals surface area contributed by atoms with Crippen LogP contribution >= 0.6 is 0 Å². The normalized spacial score (nSPS) is 12.5.